The molecule has 0 unspecified atom stereocenters. The number of hydrogen-bond acceptors (Lipinski definition) is 7. The van der Waals surface area contributed by atoms with E-state index in [0.717, 1.165) is 0 Å². The van der Waals surface area contributed by atoms with Gasteiger partial charge in [-0.15, -0.1) is 0 Å². The lowest BCUT2D eigenvalue weighted by Gasteiger charge is -2.07. The molecule has 0 saturated carbocycles. The SMILES string of the molecule is CC(C)c1noc(CCNc2nccc(Oc3ccc(F)cc3)n2)n1. The van der Waals surface area contributed by atoms with E-state index in [2.05, 4.69) is 25.4 Å². The maximum absolute atomic E-state index is 12.9. The summed E-state index contributed by atoms with van der Waals surface area (Å²) in [5, 5.41) is 6.99. The Morgan fingerprint density at radius 2 is 1.96 bits per heavy atom. The highest BCUT2D eigenvalue weighted by Crippen LogP contribution is 2.20. The number of ether oxygens (including phenoxy) is 1. The van der Waals surface area contributed by atoms with Crippen molar-refractivity contribution in [3.05, 3.63) is 54.1 Å². The van der Waals surface area contributed by atoms with Crippen molar-refractivity contribution in [1.29, 1.82) is 0 Å². The van der Waals surface area contributed by atoms with E-state index in [0.29, 0.717) is 42.3 Å². The standard InChI is InChI=1S/C17H18FN5O2/c1-11(2)16-21-15(25-23-16)8-10-20-17-19-9-7-14(22-17)24-13-5-3-12(18)4-6-13/h3-7,9,11H,8,10H2,1-2H3,(H,19,20,22). The highest BCUT2D eigenvalue weighted by Gasteiger charge is 2.09. The molecule has 0 aliphatic heterocycles. The van der Waals surface area contributed by atoms with Crippen molar-refractivity contribution in [3.63, 3.8) is 0 Å². The molecule has 2 aromatic heterocycles. The van der Waals surface area contributed by atoms with Crippen LogP contribution >= 0.6 is 0 Å². The molecule has 1 N–H and O–H groups in total. The first-order valence-electron chi connectivity index (χ1n) is 7.93. The topological polar surface area (TPSA) is 86.0 Å². The summed E-state index contributed by atoms with van der Waals surface area (Å²) in [5.41, 5.74) is 0. The largest absolute Gasteiger partial charge is 0.439 e. The van der Waals surface area contributed by atoms with Crippen LogP contribution in [0.25, 0.3) is 0 Å². The molecule has 3 aromatic rings. The Bertz CT molecular complexity index is 820. The lowest BCUT2D eigenvalue weighted by atomic mass is 10.2. The number of benzene rings is 1. The molecule has 0 radical (unpaired) electrons. The molecule has 3 rings (SSSR count). The van der Waals surface area contributed by atoms with Gasteiger partial charge >= 0.3 is 0 Å². The third-order valence-corrected chi connectivity index (χ3v) is 3.29. The minimum atomic E-state index is -0.320. The number of rotatable bonds is 7. The fourth-order valence-corrected chi connectivity index (χ4v) is 1.99. The van der Waals surface area contributed by atoms with Gasteiger partial charge in [-0.05, 0) is 24.3 Å². The zero-order valence-corrected chi connectivity index (χ0v) is 13.9. The van der Waals surface area contributed by atoms with Gasteiger partial charge in [-0.2, -0.15) is 9.97 Å². The summed E-state index contributed by atoms with van der Waals surface area (Å²) in [6.45, 7) is 4.56. The Morgan fingerprint density at radius 1 is 1.16 bits per heavy atom. The first-order chi connectivity index (χ1) is 12.1. The molecular formula is C17H18FN5O2. The van der Waals surface area contributed by atoms with Crippen molar-refractivity contribution in [2.75, 3.05) is 11.9 Å². The highest BCUT2D eigenvalue weighted by atomic mass is 19.1. The molecule has 0 aliphatic rings. The minimum Gasteiger partial charge on any atom is -0.439 e. The number of aromatic nitrogens is 4. The van der Waals surface area contributed by atoms with Gasteiger partial charge in [0, 0.05) is 31.1 Å². The predicted octanol–water partition coefficient (Wildman–Crippen LogP) is 3.57. The average Bonchev–Trinajstić information content (AvgIpc) is 3.07. The third-order valence-electron chi connectivity index (χ3n) is 3.29. The van der Waals surface area contributed by atoms with Crippen molar-refractivity contribution in [3.8, 4) is 11.6 Å². The molecule has 25 heavy (non-hydrogen) atoms. The van der Waals surface area contributed by atoms with Gasteiger partial charge in [-0.3, -0.25) is 0 Å². The Hall–Kier alpha value is -3.03. The zero-order valence-electron chi connectivity index (χ0n) is 13.9. The van der Waals surface area contributed by atoms with Gasteiger partial charge in [0.1, 0.15) is 11.6 Å². The van der Waals surface area contributed by atoms with Crippen molar-refractivity contribution in [2.45, 2.75) is 26.2 Å². The number of nitrogens with one attached hydrogen (secondary N) is 1. The summed E-state index contributed by atoms with van der Waals surface area (Å²) in [5.74, 6) is 2.45. The van der Waals surface area contributed by atoms with E-state index in [9.17, 15) is 4.39 Å². The van der Waals surface area contributed by atoms with Crippen LogP contribution in [0.15, 0.2) is 41.1 Å². The van der Waals surface area contributed by atoms with E-state index in [4.69, 9.17) is 9.26 Å². The van der Waals surface area contributed by atoms with Crippen LogP contribution in [0.2, 0.25) is 0 Å². The molecule has 0 fully saturated rings. The molecule has 0 spiro atoms. The quantitative estimate of drug-likeness (QED) is 0.702. The van der Waals surface area contributed by atoms with E-state index in [1.165, 1.54) is 24.3 Å². The average molecular weight is 343 g/mol. The summed E-state index contributed by atoms with van der Waals surface area (Å²) in [4.78, 5) is 12.7. The van der Waals surface area contributed by atoms with Crippen molar-refractivity contribution in [2.24, 2.45) is 0 Å². The van der Waals surface area contributed by atoms with Crippen LogP contribution in [0.1, 0.15) is 31.5 Å². The fourth-order valence-electron chi connectivity index (χ4n) is 1.99. The number of hydrogen-bond donors (Lipinski definition) is 1. The van der Waals surface area contributed by atoms with Gasteiger partial charge in [-0.25, -0.2) is 9.37 Å². The molecule has 0 bridgehead atoms. The molecule has 2 heterocycles. The Labute approximate surface area is 144 Å². The second kappa shape index (κ2) is 7.69. The maximum Gasteiger partial charge on any atom is 0.228 e. The first kappa shape index (κ1) is 16.8. The fraction of sp³-hybridized carbons (Fsp3) is 0.294. The molecule has 0 saturated heterocycles. The third kappa shape index (κ3) is 4.72. The lowest BCUT2D eigenvalue weighted by molar-refractivity contribution is 0.373. The number of nitrogens with zero attached hydrogens (tertiary/aromatic N) is 4. The Balaban J connectivity index is 1.55. The molecule has 8 heteroatoms. The summed E-state index contributed by atoms with van der Waals surface area (Å²) in [7, 11) is 0. The predicted molar refractivity (Wildman–Crippen MR) is 89.1 cm³/mol. The summed E-state index contributed by atoms with van der Waals surface area (Å²) in [6.07, 6.45) is 2.14. The molecular weight excluding hydrogens is 325 g/mol. The molecule has 7 nitrogen and oxygen atoms in total. The monoisotopic (exact) mass is 343 g/mol. The second-order valence-corrected chi connectivity index (χ2v) is 5.65. The van der Waals surface area contributed by atoms with Crippen molar-refractivity contribution >= 4 is 5.95 Å². The summed E-state index contributed by atoms with van der Waals surface area (Å²) < 4.78 is 23.7. The molecule has 130 valence electrons. The van der Waals surface area contributed by atoms with Crippen LogP contribution in [-0.2, 0) is 6.42 Å². The highest BCUT2D eigenvalue weighted by molar-refractivity contribution is 5.31. The number of anilines is 1. The van der Waals surface area contributed by atoms with E-state index < -0.39 is 0 Å². The van der Waals surface area contributed by atoms with Crippen LogP contribution in [0.5, 0.6) is 11.6 Å². The number of halogens is 1. The lowest BCUT2D eigenvalue weighted by Crippen LogP contribution is -2.08. The van der Waals surface area contributed by atoms with Crippen LogP contribution < -0.4 is 10.1 Å². The van der Waals surface area contributed by atoms with Crippen LogP contribution in [0, 0.1) is 5.82 Å². The van der Waals surface area contributed by atoms with Gasteiger partial charge in [0.15, 0.2) is 5.82 Å². The zero-order chi connectivity index (χ0) is 17.6. The van der Waals surface area contributed by atoms with E-state index >= 15 is 0 Å². The van der Waals surface area contributed by atoms with Gasteiger partial charge in [-0.1, -0.05) is 19.0 Å². The van der Waals surface area contributed by atoms with E-state index in [1.54, 1.807) is 12.3 Å². The molecule has 0 aliphatic carbocycles. The van der Waals surface area contributed by atoms with Crippen molar-refractivity contribution < 1.29 is 13.7 Å². The van der Waals surface area contributed by atoms with Crippen LogP contribution in [0.3, 0.4) is 0 Å². The van der Waals surface area contributed by atoms with Gasteiger partial charge in [0.05, 0.1) is 0 Å². The van der Waals surface area contributed by atoms with Crippen LogP contribution in [0.4, 0.5) is 10.3 Å². The Kier molecular flexibility index (Phi) is 5.17. The van der Waals surface area contributed by atoms with E-state index in [-0.39, 0.29) is 11.7 Å². The van der Waals surface area contributed by atoms with Crippen LogP contribution in [-0.4, -0.2) is 26.7 Å². The maximum atomic E-state index is 12.9. The van der Waals surface area contributed by atoms with Crippen molar-refractivity contribution in [1.82, 2.24) is 20.1 Å². The summed E-state index contributed by atoms with van der Waals surface area (Å²) in [6, 6.07) is 7.34. The molecule has 1 aromatic carbocycles. The van der Waals surface area contributed by atoms with Gasteiger partial charge < -0.3 is 14.6 Å². The normalized spacial score (nSPS) is 10.9. The molecule has 0 amide bonds. The minimum absolute atomic E-state index is 0.231. The summed E-state index contributed by atoms with van der Waals surface area (Å²) >= 11 is 0. The van der Waals surface area contributed by atoms with Gasteiger partial charge in [0.2, 0.25) is 17.7 Å². The smallest absolute Gasteiger partial charge is 0.228 e. The van der Waals surface area contributed by atoms with E-state index in [1.807, 2.05) is 13.8 Å². The molecule has 0 atom stereocenters. The first-order valence-corrected chi connectivity index (χ1v) is 7.93. The second-order valence-electron chi connectivity index (χ2n) is 5.65. The van der Waals surface area contributed by atoms with Gasteiger partial charge in [0.25, 0.3) is 0 Å². The Morgan fingerprint density at radius 3 is 2.68 bits per heavy atom.